The molecular formula is C17H27N3. The molecule has 110 valence electrons. The maximum Gasteiger partial charge on any atom is 0.133 e. The van der Waals surface area contributed by atoms with Gasteiger partial charge in [0.1, 0.15) is 5.82 Å². The van der Waals surface area contributed by atoms with Crippen molar-refractivity contribution in [2.45, 2.75) is 58.5 Å². The molecule has 1 aliphatic heterocycles. The predicted molar refractivity (Wildman–Crippen MR) is 83.9 cm³/mol. The lowest BCUT2D eigenvalue weighted by atomic mass is 9.78. The van der Waals surface area contributed by atoms with Crippen LogP contribution in [0.2, 0.25) is 0 Å². The van der Waals surface area contributed by atoms with Gasteiger partial charge < -0.3 is 10.2 Å². The van der Waals surface area contributed by atoms with Gasteiger partial charge in [-0.25, -0.2) is 4.98 Å². The Balaban J connectivity index is 1.67. The highest BCUT2D eigenvalue weighted by Gasteiger charge is 2.29. The molecule has 0 amide bonds. The number of rotatable bonds is 5. The topological polar surface area (TPSA) is 28.2 Å². The van der Waals surface area contributed by atoms with Crippen LogP contribution >= 0.6 is 0 Å². The maximum atomic E-state index is 4.66. The Kier molecular flexibility index (Phi) is 3.97. The lowest BCUT2D eigenvalue weighted by Crippen LogP contribution is -2.39. The molecule has 0 spiro atoms. The summed E-state index contributed by atoms with van der Waals surface area (Å²) in [4.78, 5) is 7.15. The molecule has 1 aromatic rings. The number of nitrogens with zero attached hydrogens (tertiary/aromatic N) is 2. The molecule has 0 radical (unpaired) electrons. The minimum absolute atomic E-state index is 0.539. The number of nitrogens with one attached hydrogen (secondary N) is 1. The summed E-state index contributed by atoms with van der Waals surface area (Å²) in [6.07, 6.45) is 8.48. The van der Waals surface area contributed by atoms with E-state index in [1.54, 1.807) is 0 Å². The van der Waals surface area contributed by atoms with Gasteiger partial charge in [0.25, 0.3) is 0 Å². The predicted octanol–water partition coefficient (Wildman–Crippen LogP) is 3.35. The second kappa shape index (κ2) is 5.72. The van der Waals surface area contributed by atoms with Crippen molar-refractivity contribution in [1.29, 1.82) is 0 Å². The van der Waals surface area contributed by atoms with Crippen LogP contribution in [0.1, 0.15) is 51.5 Å². The highest BCUT2D eigenvalue weighted by Crippen LogP contribution is 2.35. The minimum atomic E-state index is 0.539. The van der Waals surface area contributed by atoms with E-state index in [2.05, 4.69) is 41.2 Å². The van der Waals surface area contributed by atoms with Crippen molar-refractivity contribution in [3.63, 3.8) is 0 Å². The fourth-order valence-electron chi connectivity index (χ4n) is 3.01. The van der Waals surface area contributed by atoms with E-state index in [0.29, 0.717) is 5.41 Å². The molecule has 20 heavy (non-hydrogen) atoms. The molecule has 0 atom stereocenters. The van der Waals surface area contributed by atoms with E-state index < -0.39 is 0 Å². The monoisotopic (exact) mass is 273 g/mol. The normalized spacial score (nSPS) is 22.0. The third kappa shape index (κ3) is 3.14. The molecule has 1 aromatic heterocycles. The molecule has 1 aliphatic carbocycles. The van der Waals surface area contributed by atoms with Crippen molar-refractivity contribution in [1.82, 2.24) is 10.3 Å². The van der Waals surface area contributed by atoms with E-state index in [9.17, 15) is 0 Å². The summed E-state index contributed by atoms with van der Waals surface area (Å²) in [5.74, 6) is 1.21. The first-order valence-electron chi connectivity index (χ1n) is 8.12. The molecule has 1 saturated carbocycles. The molecule has 2 aliphatic rings. The van der Waals surface area contributed by atoms with E-state index in [1.807, 2.05) is 6.20 Å². The molecule has 0 aromatic carbocycles. The summed E-state index contributed by atoms with van der Waals surface area (Å²) in [5.41, 5.74) is 1.90. The van der Waals surface area contributed by atoms with Gasteiger partial charge in [0.05, 0.1) is 0 Å². The van der Waals surface area contributed by atoms with Crippen molar-refractivity contribution in [3.8, 4) is 0 Å². The van der Waals surface area contributed by atoms with Crippen LogP contribution in [0.15, 0.2) is 18.3 Å². The third-order valence-electron chi connectivity index (χ3n) is 5.15. The van der Waals surface area contributed by atoms with Crippen LogP contribution in [0.4, 0.5) is 5.82 Å². The fourth-order valence-corrected chi connectivity index (χ4v) is 3.01. The number of hydrogen-bond donors (Lipinski definition) is 1. The number of anilines is 1. The van der Waals surface area contributed by atoms with Crippen LogP contribution in [0.25, 0.3) is 0 Å². The van der Waals surface area contributed by atoms with Crippen molar-refractivity contribution >= 4 is 5.82 Å². The fraction of sp³-hybridized carbons (Fsp3) is 0.706. The SMILES string of the molecule is CCC1(C)CCN(c2ncccc2CNC2CC2)CC1. The van der Waals surface area contributed by atoms with Crippen molar-refractivity contribution in [2.24, 2.45) is 5.41 Å². The van der Waals surface area contributed by atoms with E-state index >= 15 is 0 Å². The molecule has 2 heterocycles. The average molecular weight is 273 g/mol. The highest BCUT2D eigenvalue weighted by molar-refractivity contribution is 5.47. The Morgan fingerprint density at radius 3 is 2.75 bits per heavy atom. The lowest BCUT2D eigenvalue weighted by Gasteiger charge is -2.40. The van der Waals surface area contributed by atoms with E-state index in [-0.39, 0.29) is 0 Å². The first kappa shape index (κ1) is 13.9. The zero-order valence-corrected chi connectivity index (χ0v) is 12.9. The van der Waals surface area contributed by atoms with Crippen molar-refractivity contribution < 1.29 is 0 Å². The Hall–Kier alpha value is -1.09. The van der Waals surface area contributed by atoms with Crippen molar-refractivity contribution in [2.75, 3.05) is 18.0 Å². The van der Waals surface area contributed by atoms with Gasteiger partial charge in [-0.2, -0.15) is 0 Å². The highest BCUT2D eigenvalue weighted by atomic mass is 15.2. The average Bonchev–Trinajstić information content (AvgIpc) is 3.31. The number of piperidine rings is 1. The van der Waals surface area contributed by atoms with Gasteiger partial charge in [-0.1, -0.05) is 26.3 Å². The first-order chi connectivity index (χ1) is 9.70. The van der Waals surface area contributed by atoms with Crippen LogP contribution < -0.4 is 10.2 Å². The molecule has 3 nitrogen and oxygen atoms in total. The smallest absolute Gasteiger partial charge is 0.133 e. The van der Waals surface area contributed by atoms with Crippen LogP contribution in [0.5, 0.6) is 0 Å². The Labute approximate surface area is 122 Å². The summed E-state index contributed by atoms with van der Waals surface area (Å²) in [6, 6.07) is 5.05. The standard InChI is InChI=1S/C17H27N3/c1-3-17(2)8-11-20(12-9-17)16-14(5-4-10-18-16)13-19-15-6-7-15/h4-5,10,15,19H,3,6-9,11-13H2,1-2H3. The maximum absolute atomic E-state index is 4.66. The Morgan fingerprint density at radius 1 is 1.35 bits per heavy atom. The van der Waals surface area contributed by atoms with Gasteiger partial charge in [-0.15, -0.1) is 0 Å². The van der Waals surface area contributed by atoms with Gasteiger partial charge in [0.15, 0.2) is 0 Å². The van der Waals surface area contributed by atoms with Gasteiger partial charge in [0.2, 0.25) is 0 Å². The lowest BCUT2D eigenvalue weighted by molar-refractivity contribution is 0.237. The quantitative estimate of drug-likeness (QED) is 0.891. The molecule has 3 heteroatoms. The van der Waals surface area contributed by atoms with Crippen LogP contribution in [0, 0.1) is 5.41 Å². The molecule has 2 fully saturated rings. The minimum Gasteiger partial charge on any atom is -0.356 e. The van der Waals surface area contributed by atoms with Gasteiger partial charge in [-0.3, -0.25) is 0 Å². The molecule has 1 saturated heterocycles. The van der Waals surface area contributed by atoms with Crippen LogP contribution in [0.3, 0.4) is 0 Å². The molecule has 0 bridgehead atoms. The summed E-state index contributed by atoms with van der Waals surface area (Å²) in [5, 5.41) is 3.61. The first-order valence-corrected chi connectivity index (χ1v) is 8.12. The third-order valence-corrected chi connectivity index (χ3v) is 5.15. The largest absolute Gasteiger partial charge is 0.356 e. The summed E-state index contributed by atoms with van der Waals surface area (Å²) in [6.45, 7) is 8.02. The molecular weight excluding hydrogens is 246 g/mol. The molecule has 3 rings (SSSR count). The second-order valence-corrected chi connectivity index (χ2v) is 6.79. The Bertz CT molecular complexity index is 445. The van der Waals surface area contributed by atoms with Gasteiger partial charge in [0, 0.05) is 37.4 Å². The van der Waals surface area contributed by atoms with Crippen LogP contribution in [-0.2, 0) is 6.54 Å². The number of pyridine rings is 1. The summed E-state index contributed by atoms with van der Waals surface area (Å²) >= 11 is 0. The van der Waals surface area contributed by atoms with Crippen LogP contribution in [-0.4, -0.2) is 24.1 Å². The Morgan fingerprint density at radius 2 is 2.10 bits per heavy atom. The van der Waals surface area contributed by atoms with Gasteiger partial charge in [-0.05, 0) is 37.2 Å². The number of aromatic nitrogens is 1. The zero-order chi connectivity index (χ0) is 14.0. The van der Waals surface area contributed by atoms with Crippen molar-refractivity contribution in [3.05, 3.63) is 23.9 Å². The second-order valence-electron chi connectivity index (χ2n) is 6.79. The molecule has 1 N–H and O–H groups in total. The summed E-state index contributed by atoms with van der Waals surface area (Å²) in [7, 11) is 0. The van der Waals surface area contributed by atoms with Gasteiger partial charge >= 0.3 is 0 Å². The summed E-state index contributed by atoms with van der Waals surface area (Å²) < 4.78 is 0. The van der Waals surface area contributed by atoms with E-state index in [1.165, 1.54) is 43.5 Å². The zero-order valence-electron chi connectivity index (χ0n) is 12.9. The van der Waals surface area contributed by atoms with E-state index in [4.69, 9.17) is 0 Å². The number of hydrogen-bond acceptors (Lipinski definition) is 3. The van der Waals surface area contributed by atoms with E-state index in [0.717, 1.165) is 25.7 Å². The molecule has 0 unspecified atom stereocenters.